The summed E-state index contributed by atoms with van der Waals surface area (Å²) in [6, 6.07) is 4.12. The van der Waals surface area contributed by atoms with Gasteiger partial charge in [-0.25, -0.2) is 4.39 Å². The fourth-order valence-corrected chi connectivity index (χ4v) is 1.91. The molecule has 2 N–H and O–H groups in total. The predicted molar refractivity (Wildman–Crippen MR) is 63.9 cm³/mol. The topological polar surface area (TPSA) is 66.6 Å². The average molecular weight is 251 g/mol. The number of carbonyl (C=O) groups excluding carboxylic acids is 2. The first-order valence-electron chi connectivity index (χ1n) is 5.56. The number of anilines is 1. The van der Waals surface area contributed by atoms with E-state index < -0.39 is 17.6 Å². The summed E-state index contributed by atoms with van der Waals surface area (Å²) < 4.78 is 13.2. The Morgan fingerprint density at radius 1 is 1.22 bits per heavy atom. The number of piperazine rings is 1. The molecule has 1 heterocycles. The van der Waals surface area contributed by atoms with Crippen molar-refractivity contribution in [3.8, 4) is 0 Å². The lowest BCUT2D eigenvalue weighted by molar-refractivity contribution is -0.155. The van der Waals surface area contributed by atoms with Gasteiger partial charge in [-0.05, 0) is 23.8 Å². The molecule has 0 unspecified atom stereocenters. The molecule has 0 aliphatic carbocycles. The van der Waals surface area contributed by atoms with E-state index in [1.807, 2.05) is 0 Å². The number of amides is 2. The summed E-state index contributed by atoms with van der Waals surface area (Å²) in [4.78, 5) is 26.0. The van der Waals surface area contributed by atoms with Gasteiger partial charge in [-0.15, -0.1) is 0 Å². The SMILES string of the molecule is CN1CCN(Cc2cc(N)cc(F)c2)C(=O)C1=O. The Labute approximate surface area is 104 Å². The Hall–Kier alpha value is -2.11. The van der Waals surface area contributed by atoms with Crippen molar-refractivity contribution in [1.29, 1.82) is 0 Å². The zero-order valence-corrected chi connectivity index (χ0v) is 10.0. The van der Waals surface area contributed by atoms with Gasteiger partial charge in [-0.1, -0.05) is 0 Å². The number of hydrogen-bond donors (Lipinski definition) is 1. The molecule has 2 amide bonds. The quantitative estimate of drug-likeness (QED) is 0.603. The van der Waals surface area contributed by atoms with Crippen LogP contribution in [0.25, 0.3) is 0 Å². The van der Waals surface area contributed by atoms with Crippen molar-refractivity contribution in [3.63, 3.8) is 0 Å². The van der Waals surface area contributed by atoms with Crippen LogP contribution < -0.4 is 5.73 Å². The van der Waals surface area contributed by atoms with Gasteiger partial charge in [0.1, 0.15) is 5.82 Å². The van der Waals surface area contributed by atoms with Crippen molar-refractivity contribution in [2.75, 3.05) is 25.9 Å². The van der Waals surface area contributed by atoms with E-state index in [-0.39, 0.29) is 6.54 Å². The Morgan fingerprint density at radius 3 is 2.61 bits per heavy atom. The van der Waals surface area contributed by atoms with Crippen molar-refractivity contribution in [3.05, 3.63) is 29.6 Å². The number of nitrogens with two attached hydrogens (primary N) is 1. The first-order chi connectivity index (χ1) is 8.47. The Balaban J connectivity index is 2.14. The molecule has 0 saturated carbocycles. The average Bonchev–Trinajstić information content (AvgIpc) is 2.29. The van der Waals surface area contributed by atoms with Gasteiger partial charge in [0, 0.05) is 32.4 Å². The van der Waals surface area contributed by atoms with Crippen molar-refractivity contribution >= 4 is 17.5 Å². The van der Waals surface area contributed by atoms with Gasteiger partial charge in [0.2, 0.25) is 0 Å². The molecule has 1 aromatic rings. The van der Waals surface area contributed by atoms with Gasteiger partial charge >= 0.3 is 11.8 Å². The molecule has 1 aliphatic rings. The molecule has 1 aliphatic heterocycles. The number of hydrogen-bond acceptors (Lipinski definition) is 3. The third-order valence-electron chi connectivity index (χ3n) is 2.88. The summed E-state index contributed by atoms with van der Waals surface area (Å²) in [5.74, 6) is -1.55. The highest BCUT2D eigenvalue weighted by atomic mass is 19.1. The third-order valence-corrected chi connectivity index (χ3v) is 2.88. The molecule has 1 fully saturated rings. The van der Waals surface area contributed by atoms with Gasteiger partial charge in [-0.3, -0.25) is 9.59 Å². The normalized spacial score (nSPS) is 16.3. The first kappa shape index (κ1) is 12.3. The summed E-state index contributed by atoms with van der Waals surface area (Å²) >= 11 is 0. The summed E-state index contributed by atoms with van der Waals surface area (Å²) in [7, 11) is 1.58. The number of benzene rings is 1. The lowest BCUT2D eigenvalue weighted by Gasteiger charge is -2.31. The molecule has 0 bridgehead atoms. The van der Waals surface area contributed by atoms with Crippen LogP contribution in [0.4, 0.5) is 10.1 Å². The minimum absolute atomic E-state index is 0.195. The smallest absolute Gasteiger partial charge is 0.312 e. The maximum atomic E-state index is 13.2. The number of nitrogens with zero attached hydrogens (tertiary/aromatic N) is 2. The number of halogens is 1. The molecular weight excluding hydrogens is 237 g/mol. The van der Waals surface area contributed by atoms with Crippen LogP contribution in [0.3, 0.4) is 0 Å². The van der Waals surface area contributed by atoms with Crippen molar-refractivity contribution < 1.29 is 14.0 Å². The Kier molecular flexibility index (Phi) is 3.18. The molecule has 1 aromatic carbocycles. The lowest BCUT2D eigenvalue weighted by atomic mass is 10.1. The van der Waals surface area contributed by atoms with E-state index in [0.29, 0.717) is 24.3 Å². The number of carbonyl (C=O) groups is 2. The van der Waals surface area contributed by atoms with Gasteiger partial charge in [0.05, 0.1) is 0 Å². The summed E-state index contributed by atoms with van der Waals surface area (Å²) in [6.07, 6.45) is 0. The van der Waals surface area contributed by atoms with Crippen LogP contribution in [-0.2, 0) is 16.1 Å². The second-order valence-corrected chi connectivity index (χ2v) is 4.35. The first-order valence-corrected chi connectivity index (χ1v) is 5.56. The van der Waals surface area contributed by atoms with Gasteiger partial charge in [-0.2, -0.15) is 0 Å². The monoisotopic (exact) mass is 251 g/mol. The maximum absolute atomic E-state index is 13.2. The summed E-state index contributed by atoms with van der Waals surface area (Å²) in [6.45, 7) is 1.12. The highest BCUT2D eigenvalue weighted by molar-refractivity contribution is 6.35. The molecule has 0 radical (unpaired) electrons. The molecule has 0 spiro atoms. The van der Waals surface area contributed by atoms with Crippen LogP contribution in [0.5, 0.6) is 0 Å². The van der Waals surface area contributed by atoms with Crippen molar-refractivity contribution in [2.24, 2.45) is 0 Å². The number of nitrogen functional groups attached to an aromatic ring is 1. The van der Waals surface area contributed by atoms with E-state index in [4.69, 9.17) is 5.73 Å². The van der Waals surface area contributed by atoms with Crippen LogP contribution in [-0.4, -0.2) is 41.8 Å². The van der Waals surface area contributed by atoms with Crippen molar-refractivity contribution in [1.82, 2.24) is 9.80 Å². The van der Waals surface area contributed by atoms with Crippen LogP contribution in [0.2, 0.25) is 0 Å². The fourth-order valence-electron chi connectivity index (χ4n) is 1.91. The lowest BCUT2D eigenvalue weighted by Crippen LogP contribution is -2.52. The fraction of sp³-hybridized carbons (Fsp3) is 0.333. The van der Waals surface area contributed by atoms with E-state index in [1.165, 1.54) is 21.9 Å². The van der Waals surface area contributed by atoms with Crippen LogP contribution in [0.15, 0.2) is 18.2 Å². The summed E-state index contributed by atoms with van der Waals surface area (Å²) in [5, 5.41) is 0. The van der Waals surface area contributed by atoms with E-state index in [0.717, 1.165) is 0 Å². The van der Waals surface area contributed by atoms with Gasteiger partial charge in [0.25, 0.3) is 0 Å². The van der Waals surface area contributed by atoms with Crippen LogP contribution in [0.1, 0.15) is 5.56 Å². The molecule has 0 aromatic heterocycles. The van der Waals surface area contributed by atoms with E-state index in [9.17, 15) is 14.0 Å². The summed E-state index contributed by atoms with van der Waals surface area (Å²) in [5.41, 5.74) is 6.42. The van der Waals surface area contributed by atoms with E-state index >= 15 is 0 Å². The third kappa shape index (κ3) is 2.42. The molecular formula is C12H14FN3O2. The van der Waals surface area contributed by atoms with E-state index in [1.54, 1.807) is 13.1 Å². The number of rotatable bonds is 2. The molecule has 6 heteroatoms. The molecule has 18 heavy (non-hydrogen) atoms. The molecule has 0 atom stereocenters. The highest BCUT2D eigenvalue weighted by Crippen LogP contribution is 2.14. The zero-order chi connectivity index (χ0) is 13.3. The number of likely N-dealkylation sites (N-methyl/N-ethyl adjacent to an activating group) is 1. The molecule has 5 nitrogen and oxygen atoms in total. The molecule has 2 rings (SSSR count). The van der Waals surface area contributed by atoms with Crippen LogP contribution >= 0.6 is 0 Å². The molecule has 96 valence electrons. The highest BCUT2D eigenvalue weighted by Gasteiger charge is 2.30. The largest absolute Gasteiger partial charge is 0.399 e. The van der Waals surface area contributed by atoms with Crippen molar-refractivity contribution in [2.45, 2.75) is 6.54 Å². The minimum Gasteiger partial charge on any atom is -0.399 e. The molecule has 1 saturated heterocycles. The van der Waals surface area contributed by atoms with Crippen LogP contribution in [0, 0.1) is 5.82 Å². The Bertz CT molecular complexity index is 484. The standard InChI is InChI=1S/C12H14FN3O2/c1-15-2-3-16(12(18)11(15)17)7-8-4-9(13)6-10(14)5-8/h4-6H,2-3,7,14H2,1H3. The van der Waals surface area contributed by atoms with E-state index in [2.05, 4.69) is 0 Å². The predicted octanol–water partition coefficient (Wildman–Crippen LogP) is 0.208. The second kappa shape index (κ2) is 4.64. The maximum Gasteiger partial charge on any atom is 0.312 e. The van der Waals surface area contributed by atoms with Gasteiger partial charge in [0.15, 0.2) is 0 Å². The van der Waals surface area contributed by atoms with Gasteiger partial charge < -0.3 is 15.5 Å². The minimum atomic E-state index is -0.563. The zero-order valence-electron chi connectivity index (χ0n) is 10.0. The Morgan fingerprint density at radius 2 is 1.94 bits per heavy atom. The second-order valence-electron chi connectivity index (χ2n) is 4.35.